The molecule has 1 amide bonds. The standard InChI is InChI=1S/C16H17ClN4O2/c17-12-3-1-2-4-13(12)21-15(10-5-6-10)18-14(19-21)16(23)20-8-7-11(22)9-20/h1-4,10-11,22H,5-9H2/t11-/m1/s1. The van der Waals surface area contributed by atoms with Gasteiger partial charge in [0.15, 0.2) is 0 Å². The van der Waals surface area contributed by atoms with Gasteiger partial charge in [-0.1, -0.05) is 23.7 Å². The Morgan fingerprint density at radius 1 is 1.26 bits per heavy atom. The zero-order valence-electron chi connectivity index (χ0n) is 12.5. The van der Waals surface area contributed by atoms with E-state index in [0.717, 1.165) is 24.4 Å². The predicted molar refractivity (Wildman–Crippen MR) is 84.9 cm³/mol. The maximum absolute atomic E-state index is 12.6. The van der Waals surface area contributed by atoms with Crippen LogP contribution in [0.2, 0.25) is 5.02 Å². The molecule has 2 heterocycles. The van der Waals surface area contributed by atoms with Crippen LogP contribution in [0, 0.1) is 0 Å². The molecule has 1 saturated carbocycles. The molecule has 2 aromatic rings. The van der Waals surface area contributed by atoms with E-state index < -0.39 is 6.10 Å². The van der Waals surface area contributed by atoms with Gasteiger partial charge in [-0.25, -0.2) is 9.67 Å². The molecule has 1 saturated heterocycles. The number of β-amino-alcohol motifs (C(OH)–C–C–N with tert-alkyl or cyclic N) is 1. The fourth-order valence-corrected chi connectivity index (χ4v) is 3.10. The summed E-state index contributed by atoms with van der Waals surface area (Å²) in [7, 11) is 0. The van der Waals surface area contributed by atoms with E-state index in [1.807, 2.05) is 18.2 Å². The summed E-state index contributed by atoms with van der Waals surface area (Å²) in [6, 6.07) is 7.42. The van der Waals surface area contributed by atoms with Crippen molar-refractivity contribution in [1.29, 1.82) is 0 Å². The van der Waals surface area contributed by atoms with Gasteiger partial charge in [-0.05, 0) is 31.4 Å². The number of aromatic nitrogens is 3. The zero-order chi connectivity index (χ0) is 16.0. The molecule has 2 aliphatic rings. The lowest BCUT2D eigenvalue weighted by Gasteiger charge is -2.12. The average molecular weight is 333 g/mol. The highest BCUT2D eigenvalue weighted by atomic mass is 35.5. The van der Waals surface area contributed by atoms with E-state index in [0.29, 0.717) is 30.5 Å². The van der Waals surface area contributed by atoms with Crippen molar-refractivity contribution < 1.29 is 9.90 Å². The normalized spacial score (nSPS) is 21.0. The van der Waals surface area contributed by atoms with Gasteiger partial charge in [-0.2, -0.15) is 0 Å². The first-order valence-electron chi connectivity index (χ1n) is 7.82. The molecule has 0 unspecified atom stereocenters. The second kappa shape index (κ2) is 5.62. The Balaban J connectivity index is 1.71. The molecular formula is C16H17ClN4O2. The van der Waals surface area contributed by atoms with Gasteiger partial charge in [0.1, 0.15) is 5.82 Å². The van der Waals surface area contributed by atoms with E-state index in [1.165, 1.54) is 0 Å². The Bertz CT molecular complexity index is 756. The van der Waals surface area contributed by atoms with E-state index in [2.05, 4.69) is 10.1 Å². The van der Waals surface area contributed by atoms with Gasteiger partial charge in [-0.3, -0.25) is 4.79 Å². The molecule has 1 aliphatic heterocycles. The van der Waals surface area contributed by atoms with Crippen molar-refractivity contribution in [1.82, 2.24) is 19.7 Å². The zero-order valence-corrected chi connectivity index (χ0v) is 13.3. The first kappa shape index (κ1) is 14.7. The van der Waals surface area contributed by atoms with Crippen molar-refractivity contribution in [3.8, 4) is 5.69 Å². The summed E-state index contributed by atoms with van der Waals surface area (Å²) in [4.78, 5) is 18.6. The third-order valence-corrected chi connectivity index (χ3v) is 4.62. The number of aliphatic hydroxyl groups excluding tert-OH is 1. The van der Waals surface area contributed by atoms with Crippen LogP contribution in [0.1, 0.15) is 41.6 Å². The molecule has 23 heavy (non-hydrogen) atoms. The lowest BCUT2D eigenvalue weighted by molar-refractivity contribution is 0.0753. The van der Waals surface area contributed by atoms with Crippen molar-refractivity contribution in [2.24, 2.45) is 0 Å². The molecule has 1 aromatic heterocycles. The highest BCUT2D eigenvalue weighted by Crippen LogP contribution is 2.40. The van der Waals surface area contributed by atoms with E-state index in [4.69, 9.17) is 11.6 Å². The molecule has 7 heteroatoms. The number of hydrogen-bond donors (Lipinski definition) is 1. The highest BCUT2D eigenvalue weighted by Gasteiger charge is 2.34. The molecule has 1 N–H and O–H groups in total. The summed E-state index contributed by atoms with van der Waals surface area (Å²) >= 11 is 6.27. The Morgan fingerprint density at radius 2 is 2.04 bits per heavy atom. The van der Waals surface area contributed by atoms with Gasteiger partial charge in [-0.15, -0.1) is 5.10 Å². The molecule has 1 aromatic carbocycles. The maximum Gasteiger partial charge on any atom is 0.293 e. The molecule has 120 valence electrons. The molecule has 1 aliphatic carbocycles. The van der Waals surface area contributed by atoms with Crippen LogP contribution in [0.5, 0.6) is 0 Å². The van der Waals surface area contributed by atoms with E-state index >= 15 is 0 Å². The third kappa shape index (κ3) is 2.72. The van der Waals surface area contributed by atoms with Crippen LogP contribution >= 0.6 is 11.6 Å². The number of likely N-dealkylation sites (tertiary alicyclic amines) is 1. The molecule has 0 radical (unpaired) electrons. The first-order valence-corrected chi connectivity index (χ1v) is 8.20. The average Bonchev–Trinajstić information content (AvgIpc) is 3.15. The van der Waals surface area contributed by atoms with Gasteiger partial charge < -0.3 is 10.0 Å². The largest absolute Gasteiger partial charge is 0.391 e. The van der Waals surface area contributed by atoms with Crippen LogP contribution in [0.15, 0.2) is 24.3 Å². The number of amides is 1. The minimum Gasteiger partial charge on any atom is -0.391 e. The Labute approximate surface area is 138 Å². The van der Waals surface area contributed by atoms with Crippen LogP contribution in [-0.2, 0) is 0 Å². The second-order valence-electron chi connectivity index (χ2n) is 6.12. The number of para-hydroxylation sites is 1. The maximum atomic E-state index is 12.6. The number of hydrogen-bond acceptors (Lipinski definition) is 4. The molecule has 0 spiro atoms. The van der Waals surface area contributed by atoms with Gasteiger partial charge in [0.2, 0.25) is 5.82 Å². The molecule has 6 nitrogen and oxygen atoms in total. The minimum atomic E-state index is -0.451. The number of carbonyl (C=O) groups is 1. The fourth-order valence-electron chi connectivity index (χ4n) is 2.89. The summed E-state index contributed by atoms with van der Waals surface area (Å²) in [6.45, 7) is 0.887. The predicted octanol–water partition coefficient (Wildman–Crippen LogP) is 2.00. The lowest BCUT2D eigenvalue weighted by atomic mass is 10.3. The van der Waals surface area contributed by atoms with Crippen LogP contribution < -0.4 is 0 Å². The first-order chi connectivity index (χ1) is 11.1. The SMILES string of the molecule is O=C(c1nc(C2CC2)n(-c2ccccc2Cl)n1)N1CC[C@@H](O)C1. The van der Waals surface area contributed by atoms with E-state index in [9.17, 15) is 9.90 Å². The second-order valence-corrected chi connectivity index (χ2v) is 6.53. The Kier molecular flexibility index (Phi) is 3.58. The van der Waals surface area contributed by atoms with Crippen LogP contribution in [-0.4, -0.2) is 49.9 Å². The summed E-state index contributed by atoms with van der Waals surface area (Å²) in [5.41, 5.74) is 0.740. The minimum absolute atomic E-state index is 0.181. The number of rotatable bonds is 3. The van der Waals surface area contributed by atoms with Crippen LogP contribution in [0.25, 0.3) is 5.69 Å². The summed E-state index contributed by atoms with van der Waals surface area (Å²) in [5.74, 6) is 1.08. The number of nitrogens with zero attached hydrogens (tertiary/aromatic N) is 4. The topological polar surface area (TPSA) is 71.2 Å². The van der Waals surface area contributed by atoms with Gasteiger partial charge >= 0.3 is 0 Å². The lowest BCUT2D eigenvalue weighted by Crippen LogP contribution is -2.30. The van der Waals surface area contributed by atoms with Crippen molar-refractivity contribution in [3.63, 3.8) is 0 Å². The molecular weight excluding hydrogens is 316 g/mol. The fraction of sp³-hybridized carbons (Fsp3) is 0.438. The van der Waals surface area contributed by atoms with Crippen LogP contribution in [0.4, 0.5) is 0 Å². The van der Waals surface area contributed by atoms with Crippen molar-refractivity contribution in [3.05, 3.63) is 40.9 Å². The van der Waals surface area contributed by atoms with Crippen LogP contribution in [0.3, 0.4) is 0 Å². The number of carbonyl (C=O) groups excluding carboxylic acids is 1. The molecule has 4 rings (SSSR count). The number of benzene rings is 1. The van der Waals surface area contributed by atoms with Gasteiger partial charge in [0.25, 0.3) is 5.91 Å². The summed E-state index contributed by atoms with van der Waals surface area (Å²) in [6.07, 6.45) is 2.26. The molecule has 0 bridgehead atoms. The van der Waals surface area contributed by atoms with Gasteiger partial charge in [0, 0.05) is 19.0 Å². The third-order valence-electron chi connectivity index (χ3n) is 4.30. The smallest absolute Gasteiger partial charge is 0.293 e. The Hall–Kier alpha value is -1.92. The van der Waals surface area contributed by atoms with Crippen molar-refractivity contribution >= 4 is 17.5 Å². The quantitative estimate of drug-likeness (QED) is 0.933. The van der Waals surface area contributed by atoms with Crippen molar-refractivity contribution in [2.45, 2.75) is 31.3 Å². The van der Waals surface area contributed by atoms with E-state index in [1.54, 1.807) is 15.6 Å². The number of aliphatic hydroxyl groups is 1. The summed E-state index contributed by atoms with van der Waals surface area (Å²) < 4.78 is 1.69. The van der Waals surface area contributed by atoms with Crippen molar-refractivity contribution in [2.75, 3.05) is 13.1 Å². The summed E-state index contributed by atoms with van der Waals surface area (Å²) in [5, 5.41) is 14.6. The number of halogens is 1. The van der Waals surface area contributed by atoms with Gasteiger partial charge in [0.05, 0.1) is 16.8 Å². The highest BCUT2D eigenvalue weighted by molar-refractivity contribution is 6.32. The molecule has 1 atom stereocenters. The molecule has 2 fully saturated rings. The Morgan fingerprint density at radius 3 is 2.70 bits per heavy atom. The monoisotopic (exact) mass is 332 g/mol. The van der Waals surface area contributed by atoms with E-state index in [-0.39, 0.29) is 11.7 Å².